The lowest BCUT2D eigenvalue weighted by molar-refractivity contribution is 0.414. The van der Waals surface area contributed by atoms with Gasteiger partial charge in [0.15, 0.2) is 0 Å². The number of methoxy groups -OCH3 is 1. The molecule has 22 heavy (non-hydrogen) atoms. The molecule has 0 spiro atoms. The first kappa shape index (κ1) is 14.6. The van der Waals surface area contributed by atoms with Crippen LogP contribution in [0.25, 0.3) is 10.8 Å². The van der Waals surface area contributed by atoms with E-state index in [-0.39, 0.29) is 11.1 Å². The number of benzene rings is 2. The minimum Gasteiger partial charge on any atom is -0.497 e. The SMILES string of the molecule is COc1ccc(Cn2[nH]c(=O)c3cc(Br)ccc3c2=O)cc1. The number of rotatable bonds is 3. The molecule has 0 amide bonds. The number of aromatic nitrogens is 2. The first-order valence-electron chi connectivity index (χ1n) is 6.64. The van der Waals surface area contributed by atoms with Crippen LogP contribution in [-0.4, -0.2) is 16.9 Å². The Kier molecular flexibility index (Phi) is 3.85. The molecule has 0 unspecified atom stereocenters. The van der Waals surface area contributed by atoms with E-state index in [1.54, 1.807) is 25.3 Å². The Hall–Kier alpha value is -2.34. The normalized spacial score (nSPS) is 10.8. The van der Waals surface area contributed by atoms with Gasteiger partial charge in [0.25, 0.3) is 11.1 Å². The fraction of sp³-hybridized carbons (Fsp3) is 0.125. The number of aromatic amines is 1. The molecule has 1 aromatic heterocycles. The van der Waals surface area contributed by atoms with Crippen molar-refractivity contribution in [3.05, 3.63) is 73.2 Å². The molecule has 0 fully saturated rings. The molecule has 0 aliphatic rings. The van der Waals surface area contributed by atoms with Crippen molar-refractivity contribution < 1.29 is 4.74 Å². The van der Waals surface area contributed by atoms with E-state index in [4.69, 9.17) is 4.74 Å². The molecule has 0 radical (unpaired) electrons. The lowest BCUT2D eigenvalue weighted by atomic mass is 10.2. The van der Waals surface area contributed by atoms with Crippen molar-refractivity contribution in [1.82, 2.24) is 9.78 Å². The third kappa shape index (κ3) is 2.69. The first-order chi connectivity index (χ1) is 10.6. The maximum absolute atomic E-state index is 12.5. The van der Waals surface area contributed by atoms with Crippen molar-refractivity contribution in [3.63, 3.8) is 0 Å². The first-order valence-corrected chi connectivity index (χ1v) is 7.43. The Morgan fingerprint density at radius 2 is 1.82 bits per heavy atom. The third-order valence-electron chi connectivity index (χ3n) is 3.44. The van der Waals surface area contributed by atoms with E-state index in [2.05, 4.69) is 21.0 Å². The second-order valence-corrected chi connectivity index (χ2v) is 5.79. The van der Waals surface area contributed by atoms with Gasteiger partial charge in [0.2, 0.25) is 0 Å². The molecule has 1 heterocycles. The van der Waals surface area contributed by atoms with Gasteiger partial charge in [-0.2, -0.15) is 0 Å². The molecule has 6 heteroatoms. The average molecular weight is 361 g/mol. The van der Waals surface area contributed by atoms with E-state index in [1.165, 1.54) is 4.68 Å². The zero-order chi connectivity index (χ0) is 15.7. The van der Waals surface area contributed by atoms with Crippen LogP contribution in [-0.2, 0) is 6.54 Å². The van der Waals surface area contributed by atoms with Gasteiger partial charge in [-0.25, -0.2) is 4.68 Å². The minimum absolute atomic E-state index is 0.224. The van der Waals surface area contributed by atoms with Crippen molar-refractivity contribution in [2.24, 2.45) is 0 Å². The van der Waals surface area contributed by atoms with Crippen LogP contribution in [0.3, 0.4) is 0 Å². The summed E-state index contributed by atoms with van der Waals surface area (Å²) in [6, 6.07) is 12.4. The fourth-order valence-electron chi connectivity index (χ4n) is 2.29. The molecule has 0 saturated heterocycles. The highest BCUT2D eigenvalue weighted by molar-refractivity contribution is 9.10. The summed E-state index contributed by atoms with van der Waals surface area (Å²) < 4.78 is 7.18. The smallest absolute Gasteiger partial charge is 0.273 e. The highest BCUT2D eigenvalue weighted by atomic mass is 79.9. The molecule has 2 aromatic carbocycles. The van der Waals surface area contributed by atoms with E-state index in [1.807, 2.05) is 24.3 Å². The summed E-state index contributed by atoms with van der Waals surface area (Å²) in [6.07, 6.45) is 0. The monoisotopic (exact) mass is 360 g/mol. The van der Waals surface area contributed by atoms with Crippen LogP contribution in [0.4, 0.5) is 0 Å². The van der Waals surface area contributed by atoms with Crippen molar-refractivity contribution in [1.29, 1.82) is 0 Å². The Balaban J connectivity index is 2.07. The molecule has 0 atom stereocenters. The van der Waals surface area contributed by atoms with Gasteiger partial charge in [-0.15, -0.1) is 0 Å². The number of nitrogens with one attached hydrogen (secondary N) is 1. The molecule has 0 aliphatic carbocycles. The summed E-state index contributed by atoms with van der Waals surface area (Å²) in [7, 11) is 1.60. The Morgan fingerprint density at radius 3 is 2.50 bits per heavy atom. The Bertz CT molecular complexity index is 942. The summed E-state index contributed by atoms with van der Waals surface area (Å²) >= 11 is 3.30. The third-order valence-corrected chi connectivity index (χ3v) is 3.93. The highest BCUT2D eigenvalue weighted by Gasteiger charge is 2.08. The largest absolute Gasteiger partial charge is 0.497 e. The highest BCUT2D eigenvalue weighted by Crippen LogP contribution is 2.14. The molecule has 0 saturated carbocycles. The molecule has 3 aromatic rings. The van der Waals surface area contributed by atoms with Gasteiger partial charge in [0.1, 0.15) is 5.75 Å². The maximum Gasteiger partial charge on any atom is 0.273 e. The van der Waals surface area contributed by atoms with E-state index in [9.17, 15) is 9.59 Å². The van der Waals surface area contributed by atoms with Gasteiger partial charge in [-0.05, 0) is 35.9 Å². The van der Waals surface area contributed by atoms with Gasteiger partial charge in [0, 0.05) is 4.47 Å². The molecular formula is C16H13BrN2O3. The summed E-state index contributed by atoms with van der Waals surface area (Å²) in [6.45, 7) is 0.296. The molecule has 3 rings (SSSR count). The summed E-state index contributed by atoms with van der Waals surface area (Å²) in [5, 5.41) is 3.40. The van der Waals surface area contributed by atoms with E-state index < -0.39 is 0 Å². The number of H-pyrrole nitrogens is 1. The Labute approximate surface area is 134 Å². The minimum atomic E-state index is -0.288. The maximum atomic E-state index is 12.5. The second kappa shape index (κ2) is 5.81. The molecule has 5 nitrogen and oxygen atoms in total. The average Bonchev–Trinajstić information content (AvgIpc) is 2.53. The van der Waals surface area contributed by atoms with Gasteiger partial charge in [0.05, 0.1) is 24.4 Å². The number of hydrogen-bond donors (Lipinski definition) is 1. The molecular weight excluding hydrogens is 348 g/mol. The molecule has 1 N–H and O–H groups in total. The fourth-order valence-corrected chi connectivity index (χ4v) is 2.66. The van der Waals surface area contributed by atoms with Crippen molar-refractivity contribution in [2.75, 3.05) is 7.11 Å². The molecule has 0 bridgehead atoms. The zero-order valence-electron chi connectivity index (χ0n) is 11.8. The van der Waals surface area contributed by atoms with E-state index in [0.29, 0.717) is 17.3 Å². The van der Waals surface area contributed by atoms with Crippen molar-refractivity contribution >= 4 is 26.7 Å². The summed E-state index contributed by atoms with van der Waals surface area (Å²) in [5.74, 6) is 0.743. The van der Waals surface area contributed by atoms with Crippen LogP contribution >= 0.6 is 15.9 Å². The van der Waals surface area contributed by atoms with Crippen molar-refractivity contribution in [3.8, 4) is 5.75 Å². The number of hydrogen-bond acceptors (Lipinski definition) is 3. The van der Waals surface area contributed by atoms with Crippen LogP contribution in [0.15, 0.2) is 56.5 Å². The number of halogens is 1. The lowest BCUT2D eigenvalue weighted by Gasteiger charge is -2.08. The predicted molar refractivity (Wildman–Crippen MR) is 88.6 cm³/mol. The zero-order valence-corrected chi connectivity index (χ0v) is 13.4. The number of nitrogens with zero attached hydrogens (tertiary/aromatic N) is 1. The molecule has 0 aliphatic heterocycles. The number of ether oxygens (including phenoxy) is 1. The quantitative estimate of drug-likeness (QED) is 0.780. The summed E-state index contributed by atoms with van der Waals surface area (Å²) in [4.78, 5) is 24.6. The predicted octanol–water partition coefficient (Wildman–Crippen LogP) is 2.51. The Morgan fingerprint density at radius 1 is 1.09 bits per heavy atom. The van der Waals surface area contributed by atoms with Crippen molar-refractivity contribution in [2.45, 2.75) is 6.54 Å². The van der Waals surface area contributed by atoms with E-state index in [0.717, 1.165) is 15.8 Å². The standard InChI is InChI=1S/C16H13BrN2O3/c1-22-12-5-2-10(3-6-12)9-19-16(21)13-7-4-11(17)8-14(13)15(20)18-19/h2-8H,9H2,1H3,(H,18,20). The molecule has 112 valence electrons. The van der Waals surface area contributed by atoms with Crippen LogP contribution < -0.4 is 15.9 Å². The van der Waals surface area contributed by atoms with Gasteiger partial charge >= 0.3 is 0 Å². The van der Waals surface area contributed by atoms with Crippen LogP contribution in [0.1, 0.15) is 5.56 Å². The number of fused-ring (bicyclic) bond motifs is 1. The van der Waals surface area contributed by atoms with Crippen LogP contribution in [0, 0.1) is 0 Å². The summed E-state index contributed by atoms with van der Waals surface area (Å²) in [5.41, 5.74) is 0.386. The van der Waals surface area contributed by atoms with Crippen LogP contribution in [0.5, 0.6) is 5.75 Å². The van der Waals surface area contributed by atoms with Gasteiger partial charge in [-0.1, -0.05) is 28.1 Å². The van der Waals surface area contributed by atoms with Gasteiger partial charge in [-0.3, -0.25) is 14.7 Å². The lowest BCUT2D eigenvalue weighted by Crippen LogP contribution is -2.30. The van der Waals surface area contributed by atoms with Crippen LogP contribution in [0.2, 0.25) is 0 Å². The van der Waals surface area contributed by atoms with E-state index >= 15 is 0 Å². The van der Waals surface area contributed by atoms with Gasteiger partial charge < -0.3 is 4.74 Å². The topological polar surface area (TPSA) is 64.1 Å². The second-order valence-electron chi connectivity index (χ2n) is 4.87.